The van der Waals surface area contributed by atoms with Gasteiger partial charge in [0.05, 0.1) is 5.25 Å². The highest BCUT2D eigenvalue weighted by Gasteiger charge is 2.20. The summed E-state index contributed by atoms with van der Waals surface area (Å²) in [5.41, 5.74) is 1.49. The minimum Gasteiger partial charge on any atom is -0.411 e. The van der Waals surface area contributed by atoms with Crippen LogP contribution in [-0.2, 0) is 11.3 Å². The third-order valence-electron chi connectivity index (χ3n) is 3.68. The number of benzene rings is 2. The zero-order valence-electron chi connectivity index (χ0n) is 14.9. The lowest BCUT2D eigenvalue weighted by Crippen LogP contribution is -2.42. The van der Waals surface area contributed by atoms with Crippen molar-refractivity contribution in [3.63, 3.8) is 0 Å². The average Bonchev–Trinajstić information content (AvgIpc) is 3.16. The summed E-state index contributed by atoms with van der Waals surface area (Å²) in [4.78, 5) is 24.0. The lowest BCUT2D eigenvalue weighted by molar-refractivity contribution is -0.119. The maximum Gasteiger partial charge on any atom is 0.321 e. The summed E-state index contributed by atoms with van der Waals surface area (Å²) in [5, 5.41) is 12.2. The Bertz CT molecular complexity index is 947. The number of carbonyl (C=O) groups excluding carboxylic acids is 2. The quantitative estimate of drug-likeness (QED) is 0.616. The molecule has 0 aliphatic carbocycles. The molecular weight excluding hydrogens is 383 g/mol. The average molecular weight is 400 g/mol. The minimum absolute atomic E-state index is 0.173. The summed E-state index contributed by atoms with van der Waals surface area (Å²) >= 11 is 1.02. The van der Waals surface area contributed by atoms with Crippen LogP contribution < -0.4 is 10.6 Å². The highest BCUT2D eigenvalue weighted by atomic mass is 32.2. The number of hydrogen-bond donors (Lipinski definition) is 2. The molecule has 0 aliphatic heterocycles. The van der Waals surface area contributed by atoms with Crippen LogP contribution in [-0.4, -0.2) is 27.4 Å². The van der Waals surface area contributed by atoms with E-state index in [0.29, 0.717) is 12.1 Å². The first-order valence-electron chi connectivity index (χ1n) is 8.40. The maximum absolute atomic E-state index is 13.0. The van der Waals surface area contributed by atoms with Crippen molar-refractivity contribution in [2.24, 2.45) is 0 Å². The molecule has 0 spiro atoms. The second kappa shape index (κ2) is 9.14. The Morgan fingerprint density at radius 3 is 2.54 bits per heavy atom. The van der Waals surface area contributed by atoms with Gasteiger partial charge >= 0.3 is 6.03 Å². The molecule has 0 fully saturated rings. The lowest BCUT2D eigenvalue weighted by Gasteiger charge is -2.10. The van der Waals surface area contributed by atoms with Gasteiger partial charge in [-0.05, 0) is 36.8 Å². The van der Waals surface area contributed by atoms with Crippen LogP contribution in [0.4, 0.5) is 9.18 Å². The first kappa shape index (κ1) is 19.6. The summed E-state index contributed by atoms with van der Waals surface area (Å²) in [7, 11) is 0. The van der Waals surface area contributed by atoms with Gasteiger partial charge in [0.15, 0.2) is 0 Å². The molecule has 7 nitrogen and oxygen atoms in total. The van der Waals surface area contributed by atoms with Crippen LogP contribution >= 0.6 is 11.8 Å². The molecule has 3 aromatic rings. The molecule has 1 heterocycles. The van der Waals surface area contributed by atoms with Crippen LogP contribution in [0.5, 0.6) is 0 Å². The third kappa shape index (κ3) is 5.40. The summed E-state index contributed by atoms with van der Waals surface area (Å²) in [6.45, 7) is 1.93. The van der Waals surface area contributed by atoms with Crippen molar-refractivity contribution >= 4 is 23.7 Å². The van der Waals surface area contributed by atoms with Gasteiger partial charge in [0.2, 0.25) is 11.8 Å². The molecule has 0 unspecified atom stereocenters. The monoisotopic (exact) mass is 400 g/mol. The van der Waals surface area contributed by atoms with Crippen LogP contribution in [0.15, 0.2) is 64.2 Å². The van der Waals surface area contributed by atoms with E-state index in [4.69, 9.17) is 4.42 Å². The van der Waals surface area contributed by atoms with E-state index < -0.39 is 17.2 Å². The summed E-state index contributed by atoms with van der Waals surface area (Å²) < 4.78 is 18.5. The van der Waals surface area contributed by atoms with Gasteiger partial charge in [-0.25, -0.2) is 9.18 Å². The van der Waals surface area contributed by atoms with Crippen molar-refractivity contribution in [3.05, 3.63) is 66.0 Å². The topological polar surface area (TPSA) is 97.1 Å². The van der Waals surface area contributed by atoms with Crippen molar-refractivity contribution < 1.29 is 18.4 Å². The molecule has 0 aliphatic rings. The highest BCUT2D eigenvalue weighted by molar-refractivity contribution is 8.00. The number of nitrogens with zero attached hydrogens (tertiary/aromatic N) is 2. The Morgan fingerprint density at radius 1 is 1.11 bits per heavy atom. The molecule has 28 heavy (non-hydrogen) atoms. The first-order chi connectivity index (χ1) is 13.5. The molecule has 0 radical (unpaired) electrons. The van der Waals surface area contributed by atoms with Gasteiger partial charge in [-0.2, -0.15) is 0 Å². The van der Waals surface area contributed by atoms with Gasteiger partial charge in [-0.1, -0.05) is 42.1 Å². The van der Waals surface area contributed by atoms with Crippen molar-refractivity contribution in [1.29, 1.82) is 0 Å². The number of aromatic nitrogens is 2. The minimum atomic E-state index is -0.635. The van der Waals surface area contributed by atoms with Crippen LogP contribution in [0.25, 0.3) is 11.5 Å². The highest BCUT2D eigenvalue weighted by Crippen LogP contribution is 2.26. The number of urea groups is 1. The number of rotatable bonds is 6. The van der Waals surface area contributed by atoms with Gasteiger partial charge in [0.1, 0.15) is 5.82 Å². The fourth-order valence-corrected chi connectivity index (χ4v) is 2.89. The number of hydrogen-bond acceptors (Lipinski definition) is 6. The van der Waals surface area contributed by atoms with E-state index in [9.17, 15) is 14.0 Å². The van der Waals surface area contributed by atoms with E-state index in [1.54, 1.807) is 6.92 Å². The summed E-state index contributed by atoms with van der Waals surface area (Å²) in [6.07, 6.45) is 0. The zero-order valence-corrected chi connectivity index (χ0v) is 15.7. The maximum atomic E-state index is 13.0. The molecule has 3 rings (SSSR count). The number of halogens is 1. The molecule has 1 aromatic heterocycles. The van der Waals surface area contributed by atoms with Gasteiger partial charge < -0.3 is 9.73 Å². The number of thioether (sulfide) groups is 1. The summed E-state index contributed by atoms with van der Waals surface area (Å²) in [5.74, 6) is -0.637. The fraction of sp³-hybridized carbons (Fsp3) is 0.158. The normalized spacial score (nSPS) is 11.6. The Kier molecular flexibility index (Phi) is 6.38. The Morgan fingerprint density at radius 2 is 1.82 bits per heavy atom. The molecule has 0 saturated carbocycles. The van der Waals surface area contributed by atoms with Gasteiger partial charge in [0.25, 0.3) is 5.22 Å². The zero-order chi connectivity index (χ0) is 19.9. The van der Waals surface area contributed by atoms with Crippen molar-refractivity contribution in [2.75, 3.05) is 0 Å². The second-order valence-electron chi connectivity index (χ2n) is 5.80. The van der Waals surface area contributed by atoms with Crippen LogP contribution in [0, 0.1) is 5.82 Å². The van der Waals surface area contributed by atoms with E-state index in [0.717, 1.165) is 17.3 Å². The van der Waals surface area contributed by atoms with Crippen molar-refractivity contribution in [2.45, 2.75) is 23.9 Å². The fourth-order valence-electron chi connectivity index (χ4n) is 2.21. The summed E-state index contributed by atoms with van der Waals surface area (Å²) in [6, 6.07) is 14.4. The Hall–Kier alpha value is -3.20. The molecule has 2 N–H and O–H groups in total. The smallest absolute Gasteiger partial charge is 0.321 e. The van der Waals surface area contributed by atoms with E-state index in [1.807, 2.05) is 30.3 Å². The Balaban J connectivity index is 1.50. The third-order valence-corrected chi connectivity index (χ3v) is 4.61. The number of carbonyl (C=O) groups is 2. The van der Waals surface area contributed by atoms with Gasteiger partial charge in [-0.15, -0.1) is 10.2 Å². The van der Waals surface area contributed by atoms with E-state index in [2.05, 4.69) is 20.8 Å². The van der Waals surface area contributed by atoms with E-state index in [1.165, 1.54) is 24.3 Å². The SMILES string of the molecule is C[C@@H](Sc1nnc(-c2ccc(F)cc2)o1)C(=O)NC(=O)NCc1ccccc1. The molecule has 144 valence electrons. The number of imide groups is 1. The second-order valence-corrected chi connectivity index (χ2v) is 7.09. The van der Waals surface area contributed by atoms with Crippen LogP contribution in [0.3, 0.4) is 0 Å². The molecule has 0 saturated heterocycles. The van der Waals surface area contributed by atoms with E-state index >= 15 is 0 Å². The molecule has 3 amide bonds. The Labute approximate surface area is 164 Å². The lowest BCUT2D eigenvalue weighted by atomic mass is 10.2. The molecular formula is C19H17FN4O3S. The van der Waals surface area contributed by atoms with Crippen LogP contribution in [0.2, 0.25) is 0 Å². The van der Waals surface area contributed by atoms with Gasteiger partial charge in [0, 0.05) is 12.1 Å². The predicted octanol–water partition coefficient (Wildman–Crippen LogP) is 3.38. The first-order valence-corrected chi connectivity index (χ1v) is 9.28. The standard InChI is InChI=1S/C19H17FN4O3S/c1-12(16(25)22-18(26)21-11-13-5-3-2-4-6-13)28-19-24-23-17(27-19)14-7-9-15(20)10-8-14/h2-10,12H,11H2,1H3,(H2,21,22,25,26)/t12-/m1/s1. The molecule has 1 atom stereocenters. The van der Waals surface area contributed by atoms with E-state index in [-0.39, 0.29) is 16.9 Å². The predicted molar refractivity (Wildman–Crippen MR) is 102 cm³/mol. The van der Waals surface area contributed by atoms with Crippen LogP contribution in [0.1, 0.15) is 12.5 Å². The van der Waals surface area contributed by atoms with Crippen molar-refractivity contribution in [1.82, 2.24) is 20.8 Å². The largest absolute Gasteiger partial charge is 0.411 e. The van der Waals surface area contributed by atoms with Gasteiger partial charge in [-0.3, -0.25) is 10.1 Å². The number of nitrogens with one attached hydrogen (secondary N) is 2. The molecule has 2 aromatic carbocycles. The number of amides is 3. The molecule has 9 heteroatoms. The van der Waals surface area contributed by atoms with Crippen molar-refractivity contribution in [3.8, 4) is 11.5 Å². The molecule has 0 bridgehead atoms.